The van der Waals surface area contributed by atoms with E-state index < -0.39 is 0 Å². The van der Waals surface area contributed by atoms with E-state index in [9.17, 15) is 9.59 Å². The van der Waals surface area contributed by atoms with Crippen LogP contribution in [0.3, 0.4) is 0 Å². The van der Waals surface area contributed by atoms with Gasteiger partial charge in [-0.2, -0.15) is 5.10 Å². The average molecular weight is 303 g/mol. The smallest absolute Gasteiger partial charge is 0.271 e. The van der Waals surface area contributed by atoms with Crippen LogP contribution in [0.25, 0.3) is 0 Å². The van der Waals surface area contributed by atoms with E-state index in [0.717, 1.165) is 5.71 Å². The van der Waals surface area contributed by atoms with Crippen molar-refractivity contribution in [3.05, 3.63) is 29.8 Å². The molecule has 0 saturated heterocycles. The Morgan fingerprint density at radius 2 is 1.64 bits per heavy atom. The lowest BCUT2D eigenvalue weighted by atomic mass is 9.91. The zero-order valence-electron chi connectivity index (χ0n) is 14.2. The van der Waals surface area contributed by atoms with Crippen LogP contribution in [-0.4, -0.2) is 17.5 Å². The van der Waals surface area contributed by atoms with Crippen molar-refractivity contribution < 1.29 is 9.59 Å². The highest BCUT2D eigenvalue weighted by Gasteiger charge is 2.15. The largest absolute Gasteiger partial charge is 0.326 e. The molecule has 0 heterocycles. The van der Waals surface area contributed by atoms with Crippen LogP contribution in [0.1, 0.15) is 51.9 Å². The summed E-state index contributed by atoms with van der Waals surface area (Å²) in [6.45, 7) is 11.6. The Balaban J connectivity index is 2.71. The van der Waals surface area contributed by atoms with Gasteiger partial charge >= 0.3 is 0 Å². The highest BCUT2D eigenvalue weighted by molar-refractivity contribution is 5.97. The van der Waals surface area contributed by atoms with E-state index in [1.165, 1.54) is 0 Å². The fraction of sp³-hybridized carbons (Fsp3) is 0.471. The highest BCUT2D eigenvalue weighted by atomic mass is 16.2. The summed E-state index contributed by atoms with van der Waals surface area (Å²) in [4.78, 5) is 23.6. The van der Waals surface area contributed by atoms with Gasteiger partial charge in [-0.25, -0.2) is 5.43 Å². The SMILES string of the molecule is C/C(=N\NC(=O)c1ccc(NC(=O)C(C)C)cc1)C(C)(C)C. The van der Waals surface area contributed by atoms with Crippen LogP contribution in [0.4, 0.5) is 5.69 Å². The Kier molecular flexibility index (Phi) is 5.85. The molecule has 0 radical (unpaired) electrons. The van der Waals surface area contributed by atoms with Crippen LogP contribution >= 0.6 is 0 Å². The minimum Gasteiger partial charge on any atom is -0.326 e. The fourth-order valence-electron chi connectivity index (χ4n) is 1.36. The van der Waals surface area contributed by atoms with Crippen LogP contribution in [0.5, 0.6) is 0 Å². The second-order valence-electron chi connectivity index (χ2n) is 6.61. The van der Waals surface area contributed by atoms with Gasteiger partial charge in [-0.3, -0.25) is 9.59 Å². The number of carbonyl (C=O) groups excluding carboxylic acids is 2. The van der Waals surface area contributed by atoms with Gasteiger partial charge in [-0.15, -0.1) is 0 Å². The Labute approximate surface area is 132 Å². The molecule has 120 valence electrons. The predicted molar refractivity (Wildman–Crippen MR) is 89.9 cm³/mol. The molecule has 22 heavy (non-hydrogen) atoms. The number of carbonyl (C=O) groups is 2. The lowest BCUT2D eigenvalue weighted by molar-refractivity contribution is -0.118. The number of hydrazone groups is 1. The van der Waals surface area contributed by atoms with Gasteiger partial charge in [0.05, 0.1) is 0 Å². The Morgan fingerprint density at radius 1 is 1.09 bits per heavy atom. The number of amides is 2. The average Bonchev–Trinajstić information content (AvgIpc) is 2.43. The minimum absolute atomic E-state index is 0.0531. The number of anilines is 1. The Hall–Kier alpha value is -2.17. The standard InChI is InChI=1S/C17H25N3O2/c1-11(2)15(21)18-14-9-7-13(8-10-14)16(22)20-19-12(3)17(4,5)6/h7-11H,1-6H3,(H,18,21)(H,20,22)/b19-12+. The third-order valence-corrected chi connectivity index (χ3v) is 3.35. The Bertz CT molecular complexity index is 567. The summed E-state index contributed by atoms with van der Waals surface area (Å²) in [5.41, 5.74) is 4.47. The van der Waals surface area contributed by atoms with Crippen LogP contribution in [0, 0.1) is 11.3 Å². The van der Waals surface area contributed by atoms with E-state index in [0.29, 0.717) is 11.3 Å². The summed E-state index contributed by atoms with van der Waals surface area (Å²) in [7, 11) is 0. The van der Waals surface area contributed by atoms with Crippen molar-refractivity contribution in [3.63, 3.8) is 0 Å². The molecule has 0 atom stereocenters. The summed E-state index contributed by atoms with van der Waals surface area (Å²) < 4.78 is 0. The van der Waals surface area contributed by atoms with Crippen LogP contribution < -0.4 is 10.7 Å². The highest BCUT2D eigenvalue weighted by Crippen LogP contribution is 2.15. The third kappa shape index (κ3) is 5.31. The maximum Gasteiger partial charge on any atom is 0.271 e. The van der Waals surface area contributed by atoms with Gasteiger partial charge in [0.2, 0.25) is 5.91 Å². The molecule has 0 spiro atoms. The van der Waals surface area contributed by atoms with Crippen molar-refractivity contribution in [3.8, 4) is 0 Å². The molecule has 0 fully saturated rings. The zero-order valence-corrected chi connectivity index (χ0v) is 14.2. The van der Waals surface area contributed by atoms with E-state index in [1.807, 2.05) is 41.5 Å². The van der Waals surface area contributed by atoms with Crippen molar-refractivity contribution in [2.75, 3.05) is 5.32 Å². The number of hydrogen-bond acceptors (Lipinski definition) is 3. The topological polar surface area (TPSA) is 70.6 Å². The summed E-state index contributed by atoms with van der Waals surface area (Å²) in [5.74, 6) is -0.411. The number of hydrogen-bond donors (Lipinski definition) is 2. The normalized spacial score (nSPS) is 12.2. The predicted octanol–water partition coefficient (Wildman–Crippen LogP) is 3.43. The zero-order chi connectivity index (χ0) is 16.9. The molecule has 0 saturated carbocycles. The number of benzene rings is 1. The number of rotatable bonds is 4. The van der Waals surface area contributed by atoms with Crippen LogP contribution in [0.15, 0.2) is 29.4 Å². The van der Waals surface area contributed by atoms with Gasteiger partial charge in [0.1, 0.15) is 0 Å². The lowest BCUT2D eigenvalue weighted by Gasteiger charge is -2.17. The maximum absolute atomic E-state index is 12.0. The molecule has 0 aromatic heterocycles. The van der Waals surface area contributed by atoms with E-state index in [2.05, 4.69) is 15.8 Å². The first-order valence-electron chi connectivity index (χ1n) is 7.37. The monoisotopic (exact) mass is 303 g/mol. The molecule has 0 unspecified atom stereocenters. The first kappa shape index (κ1) is 17.9. The molecular weight excluding hydrogens is 278 g/mol. The first-order valence-corrected chi connectivity index (χ1v) is 7.37. The van der Waals surface area contributed by atoms with Gasteiger partial charge in [0.15, 0.2) is 0 Å². The molecule has 5 heteroatoms. The molecule has 1 aromatic carbocycles. The van der Waals surface area contributed by atoms with Gasteiger partial charge in [0.25, 0.3) is 5.91 Å². The lowest BCUT2D eigenvalue weighted by Crippen LogP contribution is -2.24. The molecular formula is C17H25N3O2. The Morgan fingerprint density at radius 3 is 2.09 bits per heavy atom. The van der Waals surface area contributed by atoms with E-state index in [4.69, 9.17) is 0 Å². The van der Waals surface area contributed by atoms with Gasteiger partial charge in [-0.1, -0.05) is 34.6 Å². The fourth-order valence-corrected chi connectivity index (χ4v) is 1.36. The van der Waals surface area contributed by atoms with Gasteiger partial charge in [0, 0.05) is 28.3 Å². The van der Waals surface area contributed by atoms with Gasteiger partial charge in [-0.05, 0) is 31.2 Å². The summed E-state index contributed by atoms with van der Waals surface area (Å²) in [5, 5.41) is 6.89. The van der Waals surface area contributed by atoms with Crippen molar-refractivity contribution >= 4 is 23.2 Å². The van der Waals surface area contributed by atoms with Crippen LogP contribution in [0.2, 0.25) is 0 Å². The van der Waals surface area contributed by atoms with Crippen molar-refractivity contribution in [2.24, 2.45) is 16.4 Å². The maximum atomic E-state index is 12.0. The number of nitrogens with one attached hydrogen (secondary N) is 2. The molecule has 0 aliphatic heterocycles. The van der Waals surface area contributed by atoms with E-state index in [1.54, 1.807) is 24.3 Å². The molecule has 1 aromatic rings. The molecule has 2 amide bonds. The molecule has 0 bridgehead atoms. The molecule has 2 N–H and O–H groups in total. The van der Waals surface area contributed by atoms with Crippen LogP contribution in [-0.2, 0) is 4.79 Å². The summed E-state index contributed by atoms with van der Waals surface area (Å²) >= 11 is 0. The molecule has 0 aliphatic rings. The van der Waals surface area contributed by atoms with E-state index in [-0.39, 0.29) is 23.1 Å². The third-order valence-electron chi connectivity index (χ3n) is 3.35. The first-order chi connectivity index (χ1) is 10.1. The molecule has 0 aliphatic carbocycles. The second-order valence-corrected chi connectivity index (χ2v) is 6.61. The second kappa shape index (κ2) is 7.20. The summed E-state index contributed by atoms with van der Waals surface area (Å²) in [6, 6.07) is 6.73. The summed E-state index contributed by atoms with van der Waals surface area (Å²) in [6.07, 6.45) is 0. The van der Waals surface area contributed by atoms with Crippen molar-refractivity contribution in [1.29, 1.82) is 0 Å². The minimum atomic E-state index is -0.273. The van der Waals surface area contributed by atoms with Crippen molar-refractivity contribution in [2.45, 2.75) is 41.5 Å². The number of nitrogens with zero attached hydrogens (tertiary/aromatic N) is 1. The van der Waals surface area contributed by atoms with E-state index >= 15 is 0 Å². The quantitative estimate of drug-likeness (QED) is 0.661. The molecule has 5 nitrogen and oxygen atoms in total. The van der Waals surface area contributed by atoms with Crippen molar-refractivity contribution in [1.82, 2.24) is 5.43 Å². The van der Waals surface area contributed by atoms with Gasteiger partial charge < -0.3 is 5.32 Å². The molecule has 1 rings (SSSR count).